The highest BCUT2D eigenvalue weighted by Gasteiger charge is 2.87. The quantitative estimate of drug-likeness (QED) is 0.204. The molecule has 10 nitrogen and oxygen atoms in total. The zero-order chi connectivity index (χ0) is 28.4. The van der Waals surface area contributed by atoms with Crippen LogP contribution >= 0.6 is 0 Å². The largest absolute Gasteiger partial charge is 0.481 e. The third-order valence-electron chi connectivity index (χ3n) is 9.55. The molecule has 0 radical (unpaired) electrons. The van der Waals surface area contributed by atoms with Crippen LogP contribution in [0.15, 0.2) is 23.3 Å². The highest BCUT2D eigenvalue weighted by molar-refractivity contribution is 6.04. The van der Waals surface area contributed by atoms with E-state index in [2.05, 4.69) is 0 Å². The van der Waals surface area contributed by atoms with Gasteiger partial charge < -0.3 is 29.9 Å². The van der Waals surface area contributed by atoms with Crippen LogP contribution in [0.2, 0.25) is 0 Å². The average Bonchev–Trinajstić information content (AvgIpc) is 3.24. The number of carboxylic acids is 1. The molecule has 4 N–H and O–H groups in total. The first kappa shape index (κ1) is 28.4. The van der Waals surface area contributed by atoms with E-state index in [0.29, 0.717) is 11.1 Å². The van der Waals surface area contributed by atoms with Gasteiger partial charge in [0.25, 0.3) is 0 Å². The molecule has 0 aliphatic heterocycles. The van der Waals surface area contributed by atoms with Gasteiger partial charge >= 0.3 is 17.9 Å². The summed E-state index contributed by atoms with van der Waals surface area (Å²) in [6, 6.07) is 0. The number of aliphatic hydroxyl groups is 3. The van der Waals surface area contributed by atoms with Crippen molar-refractivity contribution in [2.45, 2.75) is 89.6 Å². The normalized spacial score (nSPS) is 40.5. The number of hydrogen-bond acceptors (Lipinski definition) is 9. The third kappa shape index (κ3) is 3.86. The lowest BCUT2D eigenvalue weighted by Crippen LogP contribution is -2.66. The zero-order valence-corrected chi connectivity index (χ0v) is 22.5. The maximum atomic E-state index is 13.1. The lowest BCUT2D eigenvalue weighted by molar-refractivity contribution is -0.228. The van der Waals surface area contributed by atoms with Crippen molar-refractivity contribution < 1.29 is 49.1 Å². The van der Waals surface area contributed by atoms with Gasteiger partial charge in [-0.3, -0.25) is 19.2 Å². The van der Waals surface area contributed by atoms with Crippen molar-refractivity contribution in [3.05, 3.63) is 23.3 Å². The molecule has 10 heteroatoms. The minimum Gasteiger partial charge on any atom is -0.481 e. The summed E-state index contributed by atoms with van der Waals surface area (Å²) in [4.78, 5) is 49.3. The Kier molecular flexibility index (Phi) is 6.94. The monoisotopic (exact) mass is 534 g/mol. The summed E-state index contributed by atoms with van der Waals surface area (Å²) in [6.45, 7) is 7.79. The Labute approximate surface area is 221 Å². The van der Waals surface area contributed by atoms with Crippen molar-refractivity contribution in [1.82, 2.24) is 0 Å². The van der Waals surface area contributed by atoms with Gasteiger partial charge in [0.2, 0.25) is 0 Å². The Hall–Kier alpha value is -2.56. The first-order valence-corrected chi connectivity index (χ1v) is 13.2. The van der Waals surface area contributed by atoms with Crippen molar-refractivity contribution >= 4 is 23.7 Å². The number of carbonyl (C=O) groups excluding carboxylic acids is 3. The summed E-state index contributed by atoms with van der Waals surface area (Å²) in [5, 5.41) is 43.2. The minimum atomic E-state index is -1.98. The number of carboxylic acid groups (broad SMARTS) is 1. The Morgan fingerprint density at radius 1 is 1.11 bits per heavy atom. The Bertz CT molecular complexity index is 1120. The molecule has 1 unspecified atom stereocenters. The molecule has 0 aromatic carbocycles. The zero-order valence-electron chi connectivity index (χ0n) is 22.5. The second-order valence-corrected chi connectivity index (χ2v) is 12.0. The summed E-state index contributed by atoms with van der Waals surface area (Å²) in [5.74, 6) is -5.90. The van der Waals surface area contributed by atoms with E-state index in [-0.39, 0.29) is 32.1 Å². The molecule has 2 fully saturated rings. The van der Waals surface area contributed by atoms with Crippen molar-refractivity contribution in [1.29, 1.82) is 0 Å². The SMILES string of the molecule is CC(=O)O[C@]12C([C@@H]3C=C(CO)C[C@]4(O)C(=O)C(C)=C[C@H]4[C@@]3(O)[C@H](C)[C@H]1OC(=O)CCCCC(=O)O)C2(C)C. The number of hydrogen-bond donors (Lipinski definition) is 4. The van der Waals surface area contributed by atoms with Crippen molar-refractivity contribution in [2.24, 2.45) is 29.1 Å². The number of aliphatic hydroxyl groups excluding tert-OH is 1. The van der Waals surface area contributed by atoms with E-state index in [1.807, 2.05) is 13.8 Å². The number of ketones is 1. The molecule has 210 valence electrons. The van der Waals surface area contributed by atoms with Crippen LogP contribution in [0.1, 0.15) is 66.7 Å². The maximum absolute atomic E-state index is 13.1. The second-order valence-electron chi connectivity index (χ2n) is 12.0. The number of aliphatic carboxylic acids is 1. The van der Waals surface area contributed by atoms with Gasteiger partial charge in [-0.15, -0.1) is 0 Å². The van der Waals surface area contributed by atoms with Gasteiger partial charge in [-0.05, 0) is 30.9 Å². The Morgan fingerprint density at radius 2 is 1.74 bits per heavy atom. The molecule has 8 atom stereocenters. The molecule has 0 aromatic heterocycles. The first-order valence-electron chi connectivity index (χ1n) is 13.2. The second kappa shape index (κ2) is 9.27. The van der Waals surface area contributed by atoms with Crippen LogP contribution in [0, 0.1) is 29.1 Å². The lowest BCUT2D eigenvalue weighted by atomic mass is 9.59. The van der Waals surface area contributed by atoms with Crippen molar-refractivity contribution in [3.63, 3.8) is 0 Å². The predicted octanol–water partition coefficient (Wildman–Crippen LogP) is 1.70. The summed E-state index contributed by atoms with van der Waals surface area (Å²) >= 11 is 0. The predicted molar refractivity (Wildman–Crippen MR) is 132 cm³/mol. The van der Waals surface area contributed by atoms with E-state index in [4.69, 9.17) is 14.6 Å². The number of fused-ring (bicyclic) bond motifs is 5. The van der Waals surface area contributed by atoms with Crippen LogP contribution in [0.25, 0.3) is 0 Å². The first-order chi connectivity index (χ1) is 17.6. The van der Waals surface area contributed by atoms with Gasteiger partial charge in [-0.2, -0.15) is 0 Å². The fourth-order valence-electron chi connectivity index (χ4n) is 7.81. The standard InChI is InChI=1S/C28H38O10/c1-14-10-19-26(35,23(14)34)12-17(13-29)11-18-22-25(4,5)28(22,38-16(3)30)24(15(2)27(18,19)36)37-21(33)9-7-6-8-20(31)32/h10-11,15,18-19,22,24,29,35-36H,6-9,12-13H2,1-5H3,(H,31,32)/t15-,18+,19-,22?,24-,26-,27-,28-/m1/s1. The topological polar surface area (TPSA) is 168 Å². The molecule has 4 rings (SSSR count). The van der Waals surface area contributed by atoms with E-state index in [1.54, 1.807) is 26.0 Å². The lowest BCUT2D eigenvalue weighted by Gasteiger charge is -2.53. The van der Waals surface area contributed by atoms with Gasteiger partial charge in [0.05, 0.1) is 12.2 Å². The number of carbonyl (C=O) groups is 4. The molecule has 0 spiro atoms. The van der Waals surface area contributed by atoms with Crippen LogP contribution in [0.4, 0.5) is 0 Å². The highest BCUT2D eigenvalue weighted by atomic mass is 16.6. The molecular formula is C28H38O10. The fraction of sp³-hybridized carbons (Fsp3) is 0.714. The molecule has 2 saturated carbocycles. The van der Waals surface area contributed by atoms with Gasteiger partial charge in [-0.25, -0.2) is 0 Å². The summed E-state index contributed by atoms with van der Waals surface area (Å²) in [6.07, 6.45) is 2.44. The van der Waals surface area contributed by atoms with Crippen molar-refractivity contribution in [2.75, 3.05) is 6.61 Å². The average molecular weight is 535 g/mol. The number of unbranched alkanes of at least 4 members (excludes halogenated alkanes) is 1. The van der Waals surface area contributed by atoms with Crippen LogP contribution in [-0.4, -0.2) is 73.6 Å². The van der Waals surface area contributed by atoms with Crippen LogP contribution in [0.3, 0.4) is 0 Å². The number of esters is 2. The number of ether oxygens (including phenoxy) is 2. The van der Waals surface area contributed by atoms with E-state index >= 15 is 0 Å². The summed E-state index contributed by atoms with van der Waals surface area (Å²) in [5.41, 5.74) is -5.12. The fourth-order valence-corrected chi connectivity index (χ4v) is 7.81. The van der Waals surface area contributed by atoms with E-state index in [9.17, 15) is 34.5 Å². The molecule has 38 heavy (non-hydrogen) atoms. The number of Topliss-reactive ketones (excluding diaryl/α,β-unsaturated/α-hetero) is 1. The van der Waals surface area contributed by atoms with Crippen LogP contribution in [0.5, 0.6) is 0 Å². The molecule has 4 aliphatic rings. The van der Waals surface area contributed by atoms with E-state index in [0.717, 1.165) is 0 Å². The molecule has 0 aromatic rings. The minimum absolute atomic E-state index is 0.0565. The molecule has 0 heterocycles. The van der Waals surface area contributed by atoms with Gasteiger partial charge in [-0.1, -0.05) is 32.9 Å². The highest BCUT2D eigenvalue weighted by Crippen LogP contribution is 2.77. The van der Waals surface area contributed by atoms with E-state index < -0.39 is 82.3 Å². The smallest absolute Gasteiger partial charge is 0.306 e. The number of rotatable bonds is 8. The van der Waals surface area contributed by atoms with Crippen molar-refractivity contribution in [3.8, 4) is 0 Å². The maximum Gasteiger partial charge on any atom is 0.306 e. The Morgan fingerprint density at radius 3 is 2.32 bits per heavy atom. The summed E-state index contributed by atoms with van der Waals surface area (Å²) < 4.78 is 11.9. The van der Waals surface area contributed by atoms with E-state index in [1.165, 1.54) is 6.92 Å². The van der Waals surface area contributed by atoms with Gasteiger partial charge in [0, 0.05) is 55.3 Å². The van der Waals surface area contributed by atoms with Gasteiger partial charge in [0.15, 0.2) is 11.4 Å². The Balaban J connectivity index is 1.80. The molecule has 0 saturated heterocycles. The molecule has 4 aliphatic carbocycles. The molecule has 0 amide bonds. The summed E-state index contributed by atoms with van der Waals surface area (Å²) in [7, 11) is 0. The molecule has 0 bridgehead atoms. The van der Waals surface area contributed by atoms with Crippen LogP contribution in [-0.2, 0) is 28.7 Å². The third-order valence-corrected chi connectivity index (χ3v) is 9.55. The van der Waals surface area contributed by atoms with Gasteiger partial charge in [0.1, 0.15) is 11.7 Å². The molecular weight excluding hydrogens is 496 g/mol. The van der Waals surface area contributed by atoms with Crippen LogP contribution < -0.4 is 0 Å².